The molecule has 1 saturated carbocycles. The summed E-state index contributed by atoms with van der Waals surface area (Å²) in [6, 6.07) is 1.05. The van der Waals surface area contributed by atoms with Crippen molar-refractivity contribution in [2.45, 2.75) is 76.7 Å². The van der Waals surface area contributed by atoms with E-state index in [4.69, 9.17) is 0 Å². The minimum atomic E-state index is -5.44. The Labute approximate surface area is 212 Å². The summed E-state index contributed by atoms with van der Waals surface area (Å²) in [4.78, 5) is 0. The van der Waals surface area contributed by atoms with Gasteiger partial charge >= 0.3 is 18.4 Å². The van der Waals surface area contributed by atoms with Gasteiger partial charge in [0.05, 0.1) is 5.92 Å². The molecule has 1 fully saturated rings. The van der Waals surface area contributed by atoms with Gasteiger partial charge in [-0.3, -0.25) is 0 Å². The first-order valence-corrected chi connectivity index (χ1v) is 12.1. The minimum absolute atomic E-state index is 0.131. The highest BCUT2D eigenvalue weighted by Gasteiger charge is 2.45. The third kappa shape index (κ3) is 7.25. The van der Waals surface area contributed by atoms with Crippen molar-refractivity contribution in [2.75, 3.05) is 0 Å². The molecule has 0 unspecified atom stereocenters. The van der Waals surface area contributed by atoms with E-state index in [2.05, 4.69) is 16.4 Å². The summed E-state index contributed by atoms with van der Waals surface area (Å²) in [6.07, 6.45) is -8.06. The number of ether oxygens (including phenoxy) is 2. The molecule has 0 spiro atoms. The van der Waals surface area contributed by atoms with Gasteiger partial charge in [0.25, 0.3) is 0 Å². The zero-order valence-electron chi connectivity index (χ0n) is 20.3. The zero-order chi connectivity index (χ0) is 28.3. The first kappa shape index (κ1) is 29.9. The van der Waals surface area contributed by atoms with E-state index in [-0.39, 0.29) is 31.0 Å². The van der Waals surface area contributed by atoms with Gasteiger partial charge in [0.1, 0.15) is 40.1 Å². The fraction of sp³-hybridized carbons (Fsp3) is 0.538. The summed E-state index contributed by atoms with van der Waals surface area (Å²) < 4.78 is 147. The predicted octanol–water partition coefficient (Wildman–Crippen LogP) is 9.61. The first-order valence-electron chi connectivity index (χ1n) is 12.1. The molecule has 0 N–H and O–H groups in total. The van der Waals surface area contributed by atoms with Gasteiger partial charge in [-0.25, -0.2) is 13.2 Å². The maximum Gasteiger partial charge on any atom is 0.429 e. The lowest BCUT2D eigenvalue weighted by molar-refractivity contribution is -0.223. The third-order valence-electron chi connectivity index (χ3n) is 6.59. The van der Waals surface area contributed by atoms with Gasteiger partial charge in [-0.05, 0) is 43.7 Å². The smallest absolute Gasteiger partial charge is 0.429 e. The number of hydrogen-bond acceptors (Lipinski definition) is 2. The highest BCUT2D eigenvalue weighted by atomic mass is 19.4. The second-order valence-corrected chi connectivity index (χ2v) is 9.40. The molecule has 0 atom stereocenters. The second-order valence-electron chi connectivity index (χ2n) is 9.40. The predicted molar refractivity (Wildman–Crippen MR) is 117 cm³/mol. The van der Waals surface area contributed by atoms with Crippen LogP contribution < -0.4 is 9.47 Å². The molecule has 0 radical (unpaired) electrons. The fourth-order valence-electron chi connectivity index (χ4n) is 4.59. The number of hydrogen-bond donors (Lipinski definition) is 0. The van der Waals surface area contributed by atoms with E-state index in [0.29, 0.717) is 30.9 Å². The zero-order valence-corrected chi connectivity index (χ0v) is 20.3. The van der Waals surface area contributed by atoms with Gasteiger partial charge in [0.15, 0.2) is 0 Å². The van der Waals surface area contributed by atoms with E-state index >= 15 is 0 Å². The average molecular weight is 560 g/mol. The number of alkyl halides is 7. The molecule has 2 aromatic carbocycles. The maximum absolute atomic E-state index is 14.7. The van der Waals surface area contributed by atoms with E-state index in [0.717, 1.165) is 25.7 Å². The van der Waals surface area contributed by atoms with E-state index in [1.807, 2.05) is 0 Å². The molecule has 0 aliphatic heterocycles. The number of benzene rings is 2. The topological polar surface area (TPSA) is 18.5 Å². The highest BCUT2D eigenvalue weighted by molar-refractivity contribution is 5.35. The van der Waals surface area contributed by atoms with Gasteiger partial charge in [0.2, 0.25) is 0 Å². The quantitative estimate of drug-likeness (QED) is 0.213. The van der Waals surface area contributed by atoms with Crippen LogP contribution in [-0.2, 0) is 12.3 Å². The lowest BCUT2D eigenvalue weighted by Crippen LogP contribution is -2.37. The van der Waals surface area contributed by atoms with Gasteiger partial charge in [-0.15, -0.1) is 0 Å². The standard InChI is InChI=1S/C26H26F10O2/c1-2-3-4-5-15-6-8-16(9-7-15)25(33,34)37-17-10-11-19(20(27)12-17)26(35,36)38-18-13-21(28)23(22(29)14-18)24(30,31)32/h10-16H,2-9H2,1H3. The average Bonchev–Trinajstić information content (AvgIpc) is 2.77. The van der Waals surface area contributed by atoms with Crippen LogP contribution in [0.5, 0.6) is 11.5 Å². The molecular weight excluding hydrogens is 534 g/mol. The molecule has 38 heavy (non-hydrogen) atoms. The van der Waals surface area contributed by atoms with Gasteiger partial charge in [-0.2, -0.15) is 30.7 Å². The van der Waals surface area contributed by atoms with Crippen molar-refractivity contribution in [3.63, 3.8) is 0 Å². The third-order valence-corrected chi connectivity index (χ3v) is 6.59. The van der Waals surface area contributed by atoms with E-state index in [1.54, 1.807) is 0 Å². The minimum Gasteiger partial charge on any atom is -0.432 e. The summed E-state index contributed by atoms with van der Waals surface area (Å²) in [6.45, 7) is 2.07. The van der Waals surface area contributed by atoms with Crippen molar-refractivity contribution in [3.8, 4) is 11.5 Å². The highest BCUT2D eigenvalue weighted by Crippen LogP contribution is 2.43. The van der Waals surface area contributed by atoms with Crippen LogP contribution in [0, 0.1) is 29.3 Å². The molecule has 1 aliphatic carbocycles. The molecule has 2 nitrogen and oxygen atoms in total. The Balaban J connectivity index is 1.68. The van der Waals surface area contributed by atoms with Crippen molar-refractivity contribution in [2.24, 2.45) is 11.8 Å². The molecule has 1 aliphatic rings. The molecule has 3 rings (SSSR count). The molecule has 12 heteroatoms. The van der Waals surface area contributed by atoms with Crippen molar-refractivity contribution in [1.82, 2.24) is 0 Å². The number of rotatable bonds is 10. The summed E-state index contributed by atoms with van der Waals surface area (Å²) in [5, 5.41) is 0. The van der Waals surface area contributed by atoms with Gasteiger partial charge < -0.3 is 9.47 Å². The molecule has 0 amide bonds. The van der Waals surface area contributed by atoms with Crippen LogP contribution in [0.4, 0.5) is 43.9 Å². The monoisotopic (exact) mass is 560 g/mol. The summed E-state index contributed by atoms with van der Waals surface area (Å²) in [7, 11) is 0. The Hall–Kier alpha value is -2.66. The maximum atomic E-state index is 14.7. The molecule has 0 aromatic heterocycles. The lowest BCUT2D eigenvalue weighted by Gasteiger charge is -2.33. The molecular formula is C26H26F10O2. The molecule has 0 bridgehead atoms. The van der Waals surface area contributed by atoms with E-state index in [1.165, 1.54) is 0 Å². The van der Waals surface area contributed by atoms with Crippen LogP contribution in [0.25, 0.3) is 0 Å². The van der Waals surface area contributed by atoms with Gasteiger partial charge in [0, 0.05) is 18.2 Å². The van der Waals surface area contributed by atoms with Crippen LogP contribution in [0.3, 0.4) is 0 Å². The Kier molecular flexibility index (Phi) is 9.13. The first-order chi connectivity index (χ1) is 17.6. The Morgan fingerprint density at radius 1 is 0.737 bits per heavy atom. The molecule has 212 valence electrons. The van der Waals surface area contributed by atoms with Crippen LogP contribution in [0.2, 0.25) is 0 Å². The van der Waals surface area contributed by atoms with Crippen LogP contribution in [0.1, 0.15) is 69.4 Å². The van der Waals surface area contributed by atoms with E-state index in [9.17, 15) is 43.9 Å². The second kappa shape index (κ2) is 11.6. The molecule has 0 saturated heterocycles. The summed E-state index contributed by atoms with van der Waals surface area (Å²) in [5.41, 5.74) is -3.83. The summed E-state index contributed by atoms with van der Waals surface area (Å²) >= 11 is 0. The Morgan fingerprint density at radius 3 is 1.84 bits per heavy atom. The Morgan fingerprint density at radius 2 is 1.32 bits per heavy atom. The Bertz CT molecular complexity index is 1070. The fourth-order valence-corrected chi connectivity index (χ4v) is 4.59. The summed E-state index contributed by atoms with van der Waals surface area (Å²) in [5.74, 6) is -9.05. The van der Waals surface area contributed by atoms with Crippen molar-refractivity contribution in [3.05, 3.63) is 58.9 Å². The van der Waals surface area contributed by atoms with Crippen molar-refractivity contribution in [1.29, 1.82) is 0 Å². The van der Waals surface area contributed by atoms with Crippen LogP contribution in [-0.4, -0.2) is 6.11 Å². The SMILES string of the molecule is CCCCCC1CCC(C(F)(F)Oc2ccc(C(F)(F)Oc3cc(F)c(C(F)(F)F)c(F)c3)c(F)c2)CC1. The molecule has 0 heterocycles. The number of halogens is 10. The number of unbranched alkanes of at least 4 members (excludes halogenated alkanes) is 2. The normalized spacial score (nSPS) is 18.9. The van der Waals surface area contributed by atoms with Crippen molar-refractivity contribution >= 4 is 0 Å². The van der Waals surface area contributed by atoms with Crippen LogP contribution in [0.15, 0.2) is 30.3 Å². The van der Waals surface area contributed by atoms with Gasteiger partial charge in [-0.1, -0.05) is 32.6 Å². The largest absolute Gasteiger partial charge is 0.432 e. The molecule has 2 aromatic rings. The van der Waals surface area contributed by atoms with Crippen molar-refractivity contribution < 1.29 is 53.4 Å². The van der Waals surface area contributed by atoms with Crippen LogP contribution >= 0.6 is 0 Å². The van der Waals surface area contributed by atoms with E-state index < -0.39 is 64.4 Å². The lowest BCUT2D eigenvalue weighted by atomic mass is 9.79.